The molecule has 21 heteroatoms. The third kappa shape index (κ3) is 6.15. The molecule has 0 amide bonds. The van der Waals surface area contributed by atoms with Gasteiger partial charge in [0.05, 0.1) is 35.6 Å². The van der Waals surface area contributed by atoms with Gasteiger partial charge in [-0.25, -0.2) is 8.96 Å². The summed E-state index contributed by atoms with van der Waals surface area (Å²) in [4.78, 5) is 22.1. The van der Waals surface area contributed by atoms with Crippen LogP contribution in [0, 0.1) is 0 Å². The fourth-order valence-electron chi connectivity index (χ4n) is 5.46. The van der Waals surface area contributed by atoms with Crippen molar-refractivity contribution in [2.45, 2.75) is 17.6 Å². The number of hydrogen-bond acceptors (Lipinski definition) is 11. The number of piperazine rings is 1. The molecule has 0 aliphatic carbocycles. The van der Waals surface area contributed by atoms with E-state index in [-0.39, 0.29) is 21.6 Å². The molecule has 12 nitrogen and oxygen atoms in total. The number of ether oxygens (including phenoxy) is 1. The molecule has 0 radical (unpaired) electrons. The topological polar surface area (TPSA) is 133 Å². The molecule has 1 aliphatic heterocycles. The Morgan fingerprint density at radius 2 is 1.54 bits per heavy atom. The minimum Gasteiger partial charge on any atom is -0.497 e. The number of nitrogens with zero attached hydrogens (tertiary/aromatic N) is 5. The van der Waals surface area contributed by atoms with Gasteiger partial charge in [0, 0.05) is 42.6 Å². The molecule has 0 unspecified atom stereocenters. The number of hydrogen-bond donors (Lipinski definition) is 0. The van der Waals surface area contributed by atoms with Crippen molar-refractivity contribution in [2.75, 3.05) is 45.2 Å². The summed E-state index contributed by atoms with van der Waals surface area (Å²) in [6.07, 6.45) is 0. The molecule has 0 saturated carbocycles. The zero-order valence-corrected chi connectivity index (χ0v) is 28.3. The molecule has 0 atom stereocenters. The quantitative estimate of drug-likeness (QED) is 0.123. The van der Waals surface area contributed by atoms with Crippen LogP contribution < -0.4 is 19.4 Å². The van der Waals surface area contributed by atoms with Gasteiger partial charge in [-0.1, -0.05) is 12.1 Å². The van der Waals surface area contributed by atoms with Gasteiger partial charge >= 0.3 is 31.2 Å². The smallest absolute Gasteiger partial charge is 0.497 e. The van der Waals surface area contributed by atoms with Gasteiger partial charge in [0.2, 0.25) is 0 Å². The lowest BCUT2D eigenvalue weighted by molar-refractivity contribution is -0.0499. The number of alkyl halides is 6. The van der Waals surface area contributed by atoms with Gasteiger partial charge in [-0.05, 0) is 42.9 Å². The van der Waals surface area contributed by atoms with Crippen molar-refractivity contribution in [2.24, 2.45) is 0 Å². The summed E-state index contributed by atoms with van der Waals surface area (Å²) in [6.45, 7) is 1.66. The highest BCUT2D eigenvalue weighted by molar-refractivity contribution is 7.91. The van der Waals surface area contributed by atoms with E-state index in [0.29, 0.717) is 43.2 Å². The summed E-state index contributed by atoms with van der Waals surface area (Å²) < 4.78 is 146. The molecule has 50 heavy (non-hydrogen) atoms. The molecule has 1 fully saturated rings. The number of anilines is 1. The third-order valence-electron chi connectivity index (χ3n) is 8.06. The lowest BCUT2D eigenvalue weighted by Gasteiger charge is -2.34. The zero-order chi connectivity index (χ0) is 36.4. The van der Waals surface area contributed by atoms with E-state index in [0.717, 1.165) is 27.4 Å². The predicted molar refractivity (Wildman–Crippen MR) is 173 cm³/mol. The molecular weight excluding hydrogens is 741 g/mol. The molecule has 4 heterocycles. The minimum atomic E-state index is -6.56. The van der Waals surface area contributed by atoms with Crippen molar-refractivity contribution in [3.63, 3.8) is 0 Å². The number of benzene rings is 2. The van der Waals surface area contributed by atoms with Gasteiger partial charge in [-0.15, -0.1) is 11.3 Å². The molecule has 1 aliphatic rings. The highest BCUT2D eigenvalue weighted by Gasteiger charge is 2.51. The van der Waals surface area contributed by atoms with E-state index >= 15 is 0 Å². The van der Waals surface area contributed by atoms with E-state index in [2.05, 4.69) is 9.17 Å². The van der Waals surface area contributed by atoms with E-state index < -0.39 is 64.8 Å². The van der Waals surface area contributed by atoms with Gasteiger partial charge in [-0.3, -0.25) is 4.79 Å². The van der Waals surface area contributed by atoms with Crippen LogP contribution in [-0.2, 0) is 26.7 Å². The van der Waals surface area contributed by atoms with Crippen LogP contribution in [0.5, 0.6) is 11.5 Å². The molecule has 6 rings (SSSR count). The number of thiophene rings is 1. The molecule has 3 aromatic heterocycles. The molecule has 0 spiro atoms. The minimum absolute atomic E-state index is 0.148. The first-order chi connectivity index (χ1) is 23.3. The van der Waals surface area contributed by atoms with Crippen LogP contribution in [0.1, 0.15) is 5.56 Å². The second-order valence-electron chi connectivity index (χ2n) is 11.2. The second kappa shape index (κ2) is 12.5. The number of halogens is 6. The van der Waals surface area contributed by atoms with Gasteiger partial charge in [0.15, 0.2) is 11.6 Å². The highest BCUT2D eigenvalue weighted by Crippen LogP contribution is 2.42. The summed E-state index contributed by atoms with van der Waals surface area (Å²) in [5.74, 6) is -2.21. The van der Waals surface area contributed by atoms with Gasteiger partial charge in [0.25, 0.3) is 5.56 Å². The maximum absolute atomic E-state index is 14.4. The normalized spacial score (nSPS) is 15.2. The van der Waals surface area contributed by atoms with Crippen LogP contribution in [0.25, 0.3) is 33.3 Å². The molecule has 0 N–H and O–H groups in total. The van der Waals surface area contributed by atoms with Crippen LogP contribution in [0.4, 0.5) is 32.0 Å². The lowest BCUT2D eigenvalue weighted by atomic mass is 10.1. The van der Waals surface area contributed by atoms with Crippen molar-refractivity contribution < 1.29 is 52.1 Å². The summed E-state index contributed by atoms with van der Waals surface area (Å²) in [5, 5.41) is 1.96. The highest BCUT2D eigenvalue weighted by atomic mass is 32.2. The van der Waals surface area contributed by atoms with Crippen molar-refractivity contribution >= 4 is 59.1 Å². The van der Waals surface area contributed by atoms with Crippen molar-refractivity contribution in [1.29, 1.82) is 0 Å². The second-order valence-corrected chi connectivity index (χ2v) is 15.3. The van der Waals surface area contributed by atoms with Crippen LogP contribution >= 0.6 is 11.3 Å². The first kappa shape index (κ1) is 35.5. The maximum atomic E-state index is 14.4. The van der Waals surface area contributed by atoms with Crippen LogP contribution in [0.3, 0.4) is 0 Å². The van der Waals surface area contributed by atoms with Crippen LogP contribution in [0.2, 0.25) is 0 Å². The van der Waals surface area contributed by atoms with Crippen LogP contribution in [0.15, 0.2) is 58.0 Å². The van der Waals surface area contributed by atoms with E-state index in [1.165, 1.54) is 48.9 Å². The number of imidazole rings is 1. The number of aromatic nitrogens is 3. The Bertz CT molecular complexity index is 2380. The molecular formula is C29H25F6N5O7S3. The Morgan fingerprint density at radius 3 is 2.14 bits per heavy atom. The third-order valence-corrected chi connectivity index (χ3v) is 11.2. The number of likely N-dealkylation sites (N-methyl/N-ethyl adjacent to an activating group) is 1. The van der Waals surface area contributed by atoms with E-state index in [9.17, 15) is 48.0 Å². The number of methoxy groups -OCH3 is 1. The van der Waals surface area contributed by atoms with Crippen LogP contribution in [-0.4, -0.2) is 86.6 Å². The molecule has 268 valence electrons. The number of pyridine rings is 1. The molecule has 5 aromatic rings. The van der Waals surface area contributed by atoms with Crippen molar-refractivity contribution in [1.82, 2.24) is 18.4 Å². The largest absolute Gasteiger partial charge is 0.534 e. The lowest BCUT2D eigenvalue weighted by Crippen LogP contribution is -2.44. The summed E-state index contributed by atoms with van der Waals surface area (Å²) in [6, 6.07) is 9.90. The Hall–Kier alpha value is -4.34. The van der Waals surface area contributed by atoms with E-state index in [1.54, 1.807) is 4.90 Å². The fourth-order valence-corrected chi connectivity index (χ4v) is 7.74. The monoisotopic (exact) mass is 765 g/mol. The Morgan fingerprint density at radius 1 is 0.880 bits per heavy atom. The average Bonchev–Trinajstić information content (AvgIpc) is 3.68. The summed E-state index contributed by atoms with van der Waals surface area (Å²) in [7, 11) is -9.77. The van der Waals surface area contributed by atoms with Crippen molar-refractivity contribution in [3.8, 4) is 22.9 Å². The Balaban J connectivity index is 1.70. The SMILES string of the molecule is COc1ccc(Cn2c(=O)c(-c3nc4ccc(N5CCN(C)CC5)cc4n3S(=O)(=O)C(F)(F)F)c(OS(=O)(=O)C(F)(F)F)c3cscc32)cc1. The summed E-state index contributed by atoms with van der Waals surface area (Å²) >= 11 is 0.811. The molecule has 2 aromatic carbocycles. The summed E-state index contributed by atoms with van der Waals surface area (Å²) in [5.41, 5.74) is -15.2. The van der Waals surface area contributed by atoms with Gasteiger partial charge in [0.1, 0.15) is 11.3 Å². The van der Waals surface area contributed by atoms with E-state index in [4.69, 9.17) is 4.74 Å². The predicted octanol–water partition coefficient (Wildman–Crippen LogP) is 4.81. The zero-order valence-electron chi connectivity index (χ0n) is 25.8. The number of fused-ring (bicyclic) bond motifs is 2. The molecule has 0 bridgehead atoms. The van der Waals surface area contributed by atoms with Gasteiger partial charge < -0.3 is 23.3 Å². The Kier molecular flexibility index (Phi) is 8.84. The average molecular weight is 766 g/mol. The van der Waals surface area contributed by atoms with E-state index in [1.807, 2.05) is 11.9 Å². The first-order valence-corrected chi connectivity index (χ1v) is 18.2. The Labute approximate surface area is 283 Å². The maximum Gasteiger partial charge on any atom is 0.534 e. The van der Waals surface area contributed by atoms with Crippen molar-refractivity contribution in [3.05, 3.63) is 69.1 Å². The molecule has 1 saturated heterocycles. The fraction of sp³-hybridized carbons (Fsp3) is 0.310. The van der Waals surface area contributed by atoms with Gasteiger partial charge in [-0.2, -0.15) is 43.2 Å². The first-order valence-electron chi connectivity index (χ1n) is 14.4. The standard InChI is InChI=1S/C29H25F6N5O7S3/c1-37-9-11-38(12-10-37)18-5-8-21-22(13-18)40(49(42,43)28(30,31)32)26(36-21)24-25(47-50(44,45)29(33,34)35)20-15-48-16-23(20)39(27(24)41)14-17-3-6-19(46-2)7-4-17/h3-8,13,15-16H,9-12,14H2,1-2H3. The number of rotatable bonds is 8.